The number of amides is 1. The molecule has 84 valence electrons. The number of aryl methyl sites for hydroxylation is 3. The molecule has 0 fully saturated rings. The summed E-state index contributed by atoms with van der Waals surface area (Å²) in [5, 5.41) is 3.35. The Morgan fingerprint density at radius 2 is 2.19 bits per heavy atom. The highest BCUT2D eigenvalue weighted by atomic mass is 32.1. The van der Waals surface area contributed by atoms with Gasteiger partial charge in [-0.2, -0.15) is 0 Å². The molecule has 2 heterocycles. The van der Waals surface area contributed by atoms with E-state index in [9.17, 15) is 4.79 Å². The number of nitrogens with one attached hydrogen (secondary N) is 2. The summed E-state index contributed by atoms with van der Waals surface area (Å²) in [7, 11) is 0. The van der Waals surface area contributed by atoms with Crippen LogP contribution in [0.15, 0.2) is 6.20 Å². The van der Waals surface area contributed by atoms with Crippen molar-refractivity contribution >= 4 is 22.4 Å². The summed E-state index contributed by atoms with van der Waals surface area (Å²) in [6, 6.07) is 0. The lowest BCUT2D eigenvalue weighted by Gasteiger charge is -1.97. The van der Waals surface area contributed by atoms with Crippen molar-refractivity contribution in [1.29, 1.82) is 0 Å². The van der Waals surface area contributed by atoms with E-state index in [1.54, 1.807) is 6.92 Å². The smallest absolute Gasteiger partial charge is 0.275 e. The summed E-state index contributed by atoms with van der Waals surface area (Å²) >= 11 is 1.47. The molecule has 2 aromatic heterocycles. The number of carbonyl (C=O) groups is 1. The fraction of sp³-hybridized carbons (Fsp3) is 0.300. The van der Waals surface area contributed by atoms with Crippen molar-refractivity contribution in [1.82, 2.24) is 15.0 Å². The zero-order valence-electron chi connectivity index (χ0n) is 9.29. The maximum Gasteiger partial charge on any atom is 0.275 e. The van der Waals surface area contributed by atoms with Crippen molar-refractivity contribution in [2.75, 3.05) is 5.32 Å². The van der Waals surface area contributed by atoms with Crippen molar-refractivity contribution in [3.8, 4) is 0 Å². The fourth-order valence-corrected chi connectivity index (χ4v) is 2.04. The molecular formula is C10H12N4OS. The number of anilines is 1. The monoisotopic (exact) mass is 236 g/mol. The molecule has 0 radical (unpaired) electrons. The summed E-state index contributed by atoms with van der Waals surface area (Å²) in [6.45, 7) is 5.69. The normalized spacial score (nSPS) is 10.4. The van der Waals surface area contributed by atoms with Gasteiger partial charge in [-0.15, -0.1) is 11.3 Å². The lowest BCUT2D eigenvalue weighted by molar-refractivity contribution is 0.102. The molecule has 0 aliphatic heterocycles. The van der Waals surface area contributed by atoms with Gasteiger partial charge in [-0.05, 0) is 20.8 Å². The van der Waals surface area contributed by atoms with Gasteiger partial charge in [0.15, 0.2) is 5.13 Å². The first kappa shape index (κ1) is 10.8. The lowest BCUT2D eigenvalue weighted by Crippen LogP contribution is -2.12. The Morgan fingerprint density at radius 1 is 1.44 bits per heavy atom. The van der Waals surface area contributed by atoms with E-state index >= 15 is 0 Å². The summed E-state index contributed by atoms with van der Waals surface area (Å²) < 4.78 is 0. The molecule has 2 aromatic rings. The maximum atomic E-state index is 11.7. The van der Waals surface area contributed by atoms with E-state index in [0.717, 1.165) is 16.4 Å². The van der Waals surface area contributed by atoms with Crippen LogP contribution >= 0.6 is 11.3 Å². The number of nitrogens with zero attached hydrogens (tertiary/aromatic N) is 2. The number of H-pyrrole nitrogens is 1. The number of rotatable bonds is 2. The third-order valence-corrected chi connectivity index (χ3v) is 3.18. The number of imidazole rings is 1. The Balaban J connectivity index is 2.13. The molecule has 0 spiro atoms. The molecule has 6 heteroatoms. The first-order valence-corrected chi connectivity index (χ1v) is 5.65. The van der Waals surface area contributed by atoms with E-state index in [-0.39, 0.29) is 5.91 Å². The van der Waals surface area contributed by atoms with Crippen molar-refractivity contribution < 1.29 is 4.79 Å². The minimum Gasteiger partial charge on any atom is -0.338 e. The van der Waals surface area contributed by atoms with Gasteiger partial charge in [-0.1, -0.05) is 0 Å². The largest absolute Gasteiger partial charge is 0.338 e. The first-order chi connectivity index (χ1) is 7.56. The average molecular weight is 236 g/mol. The number of hydrogen-bond acceptors (Lipinski definition) is 4. The van der Waals surface area contributed by atoms with Gasteiger partial charge in [0.1, 0.15) is 11.5 Å². The molecule has 0 unspecified atom stereocenters. The number of carbonyl (C=O) groups excluding carboxylic acids is 1. The maximum absolute atomic E-state index is 11.7. The molecule has 0 aliphatic rings. The third-order valence-electron chi connectivity index (χ3n) is 2.20. The second-order valence-electron chi connectivity index (χ2n) is 3.50. The lowest BCUT2D eigenvalue weighted by atomic mass is 10.4. The van der Waals surface area contributed by atoms with Crippen molar-refractivity contribution in [3.05, 3.63) is 28.3 Å². The molecule has 0 bridgehead atoms. The van der Waals surface area contributed by atoms with Crippen molar-refractivity contribution in [3.63, 3.8) is 0 Å². The Morgan fingerprint density at radius 3 is 2.69 bits per heavy atom. The molecule has 2 N–H and O–H groups in total. The van der Waals surface area contributed by atoms with Gasteiger partial charge >= 0.3 is 0 Å². The van der Waals surface area contributed by atoms with Crippen LogP contribution in [0.4, 0.5) is 5.13 Å². The van der Waals surface area contributed by atoms with E-state index in [1.165, 1.54) is 17.5 Å². The molecule has 0 aliphatic carbocycles. The zero-order chi connectivity index (χ0) is 11.7. The zero-order valence-corrected chi connectivity index (χ0v) is 10.1. The number of aromatic nitrogens is 3. The van der Waals surface area contributed by atoms with Crippen molar-refractivity contribution in [2.45, 2.75) is 20.8 Å². The third kappa shape index (κ3) is 2.11. The van der Waals surface area contributed by atoms with Gasteiger partial charge in [0.25, 0.3) is 5.91 Å². The number of hydrogen-bond donors (Lipinski definition) is 2. The Labute approximate surface area is 96.9 Å². The van der Waals surface area contributed by atoms with Crippen LogP contribution in [0.2, 0.25) is 0 Å². The summed E-state index contributed by atoms with van der Waals surface area (Å²) in [6.07, 6.45) is 1.51. The second kappa shape index (κ2) is 4.05. The molecule has 1 amide bonds. The second-order valence-corrected chi connectivity index (χ2v) is 4.70. The molecule has 0 saturated carbocycles. The van der Waals surface area contributed by atoms with Crippen LogP contribution in [-0.2, 0) is 0 Å². The van der Waals surface area contributed by atoms with E-state index < -0.39 is 0 Å². The average Bonchev–Trinajstić information content (AvgIpc) is 2.75. The van der Waals surface area contributed by atoms with Crippen LogP contribution in [0.25, 0.3) is 0 Å². The first-order valence-electron chi connectivity index (χ1n) is 4.83. The molecule has 2 rings (SSSR count). The van der Waals surface area contributed by atoms with Crippen LogP contribution in [0.5, 0.6) is 0 Å². The van der Waals surface area contributed by atoms with Crippen LogP contribution < -0.4 is 5.32 Å². The van der Waals surface area contributed by atoms with E-state index in [0.29, 0.717) is 10.8 Å². The van der Waals surface area contributed by atoms with Gasteiger partial charge in [0, 0.05) is 4.88 Å². The van der Waals surface area contributed by atoms with Gasteiger partial charge in [0.05, 0.1) is 11.9 Å². The van der Waals surface area contributed by atoms with Crippen LogP contribution in [0.1, 0.15) is 26.9 Å². The van der Waals surface area contributed by atoms with Crippen LogP contribution in [-0.4, -0.2) is 20.9 Å². The van der Waals surface area contributed by atoms with E-state index in [4.69, 9.17) is 0 Å². The van der Waals surface area contributed by atoms with Gasteiger partial charge in [-0.3, -0.25) is 10.1 Å². The molecule has 16 heavy (non-hydrogen) atoms. The molecular weight excluding hydrogens is 224 g/mol. The van der Waals surface area contributed by atoms with E-state index in [1.807, 2.05) is 13.8 Å². The van der Waals surface area contributed by atoms with Gasteiger partial charge < -0.3 is 4.98 Å². The van der Waals surface area contributed by atoms with E-state index in [2.05, 4.69) is 20.3 Å². The topological polar surface area (TPSA) is 70.7 Å². The molecule has 0 aromatic carbocycles. The summed E-state index contributed by atoms with van der Waals surface area (Å²) in [5.74, 6) is 0.506. The van der Waals surface area contributed by atoms with Gasteiger partial charge in [-0.25, -0.2) is 9.97 Å². The van der Waals surface area contributed by atoms with Gasteiger partial charge in [0.2, 0.25) is 0 Å². The number of aromatic amines is 1. The van der Waals surface area contributed by atoms with Crippen LogP contribution in [0.3, 0.4) is 0 Å². The minimum atomic E-state index is -0.214. The Kier molecular flexibility index (Phi) is 2.74. The predicted octanol–water partition coefficient (Wildman–Crippen LogP) is 2.04. The molecule has 5 nitrogen and oxygen atoms in total. The SMILES string of the molecule is Cc1ncc(C(=O)Nc2nc(C)c(C)s2)[nH]1. The summed E-state index contributed by atoms with van der Waals surface area (Å²) in [5.41, 5.74) is 1.39. The standard InChI is InChI=1S/C10H12N4OS/c1-5-6(2)16-10(12-5)14-9(15)8-4-11-7(3)13-8/h4H,1-3H3,(H,11,13)(H,12,14,15). The highest BCUT2D eigenvalue weighted by Gasteiger charge is 2.11. The Hall–Kier alpha value is -1.69. The minimum absolute atomic E-state index is 0.214. The number of thiazole rings is 1. The molecule has 0 saturated heterocycles. The molecule has 0 atom stereocenters. The predicted molar refractivity (Wildman–Crippen MR) is 62.9 cm³/mol. The van der Waals surface area contributed by atoms with Crippen LogP contribution in [0, 0.1) is 20.8 Å². The summed E-state index contributed by atoms with van der Waals surface area (Å²) in [4.78, 5) is 23.9. The highest BCUT2D eigenvalue weighted by Crippen LogP contribution is 2.21. The quantitative estimate of drug-likeness (QED) is 0.838. The highest BCUT2D eigenvalue weighted by molar-refractivity contribution is 7.15. The Bertz CT molecular complexity index is 509. The fourth-order valence-electron chi connectivity index (χ4n) is 1.23. The van der Waals surface area contributed by atoms with Crippen molar-refractivity contribution in [2.24, 2.45) is 0 Å².